The first-order chi connectivity index (χ1) is 9.16. The SMILES string of the molecule is CC1(C)OCC(NCCCOc2ccccc2)CO1. The molecule has 2 rings (SSSR count). The fourth-order valence-corrected chi connectivity index (χ4v) is 1.90. The standard InChI is InChI=1S/C15H23NO3/c1-15(2)18-11-13(12-19-15)16-9-6-10-17-14-7-4-3-5-8-14/h3-5,7-8,13,16H,6,9-12H2,1-2H3. The van der Waals surface area contributed by atoms with E-state index in [0.717, 1.165) is 25.3 Å². The number of benzene rings is 1. The molecule has 0 spiro atoms. The third-order valence-electron chi connectivity index (χ3n) is 3.03. The molecule has 19 heavy (non-hydrogen) atoms. The highest BCUT2D eigenvalue weighted by Gasteiger charge is 2.27. The van der Waals surface area contributed by atoms with Gasteiger partial charge >= 0.3 is 0 Å². The Bertz CT molecular complexity index is 357. The van der Waals surface area contributed by atoms with E-state index in [1.54, 1.807) is 0 Å². The van der Waals surface area contributed by atoms with Crippen molar-refractivity contribution in [2.24, 2.45) is 0 Å². The van der Waals surface area contributed by atoms with E-state index in [0.29, 0.717) is 13.2 Å². The van der Waals surface area contributed by atoms with Crippen LogP contribution in [0.3, 0.4) is 0 Å². The van der Waals surface area contributed by atoms with E-state index >= 15 is 0 Å². The van der Waals surface area contributed by atoms with E-state index < -0.39 is 5.79 Å². The molecule has 1 aliphatic rings. The van der Waals surface area contributed by atoms with Crippen molar-refractivity contribution >= 4 is 0 Å². The normalized spacial score (nSPS) is 19.3. The number of rotatable bonds is 6. The Kier molecular flexibility index (Phi) is 5.19. The fraction of sp³-hybridized carbons (Fsp3) is 0.600. The fourth-order valence-electron chi connectivity index (χ4n) is 1.90. The van der Waals surface area contributed by atoms with Gasteiger partial charge in [-0.1, -0.05) is 18.2 Å². The van der Waals surface area contributed by atoms with Crippen molar-refractivity contribution in [1.82, 2.24) is 5.32 Å². The molecule has 4 heteroatoms. The van der Waals surface area contributed by atoms with Crippen LogP contribution < -0.4 is 10.1 Å². The Morgan fingerprint density at radius 3 is 2.58 bits per heavy atom. The largest absolute Gasteiger partial charge is 0.494 e. The van der Waals surface area contributed by atoms with Gasteiger partial charge in [0.2, 0.25) is 0 Å². The van der Waals surface area contributed by atoms with Crippen molar-refractivity contribution in [3.8, 4) is 5.75 Å². The van der Waals surface area contributed by atoms with Gasteiger partial charge in [-0.2, -0.15) is 0 Å². The van der Waals surface area contributed by atoms with Gasteiger partial charge in [0.15, 0.2) is 5.79 Å². The van der Waals surface area contributed by atoms with Crippen LogP contribution in [0.4, 0.5) is 0 Å². The van der Waals surface area contributed by atoms with E-state index in [1.165, 1.54) is 0 Å². The molecule has 0 aliphatic carbocycles. The molecule has 0 unspecified atom stereocenters. The maximum Gasteiger partial charge on any atom is 0.162 e. The Balaban J connectivity index is 1.53. The molecule has 0 radical (unpaired) electrons. The molecule has 0 saturated carbocycles. The summed E-state index contributed by atoms with van der Waals surface area (Å²) in [5.41, 5.74) is 0. The molecule has 0 aromatic heterocycles. The predicted molar refractivity (Wildman–Crippen MR) is 74.3 cm³/mol. The van der Waals surface area contributed by atoms with Crippen molar-refractivity contribution < 1.29 is 14.2 Å². The summed E-state index contributed by atoms with van der Waals surface area (Å²) in [6, 6.07) is 10.2. The van der Waals surface area contributed by atoms with Crippen LogP contribution in [0.5, 0.6) is 5.75 Å². The summed E-state index contributed by atoms with van der Waals surface area (Å²) in [5, 5.41) is 3.42. The summed E-state index contributed by atoms with van der Waals surface area (Å²) in [5.74, 6) is 0.489. The summed E-state index contributed by atoms with van der Waals surface area (Å²) >= 11 is 0. The number of ether oxygens (including phenoxy) is 3. The molecule has 1 fully saturated rings. The van der Waals surface area contributed by atoms with Gasteiger partial charge in [-0.15, -0.1) is 0 Å². The smallest absolute Gasteiger partial charge is 0.162 e. The second kappa shape index (κ2) is 6.89. The van der Waals surface area contributed by atoms with Crippen molar-refractivity contribution in [2.75, 3.05) is 26.4 Å². The van der Waals surface area contributed by atoms with Crippen LogP contribution >= 0.6 is 0 Å². The van der Waals surface area contributed by atoms with Crippen LogP contribution in [0.2, 0.25) is 0 Å². The Hall–Kier alpha value is -1.10. The lowest BCUT2D eigenvalue weighted by molar-refractivity contribution is -0.252. The molecule has 1 N–H and O–H groups in total. The number of nitrogens with one attached hydrogen (secondary N) is 1. The van der Waals surface area contributed by atoms with Crippen molar-refractivity contribution in [3.05, 3.63) is 30.3 Å². The molecular weight excluding hydrogens is 242 g/mol. The third-order valence-corrected chi connectivity index (χ3v) is 3.03. The van der Waals surface area contributed by atoms with E-state index in [4.69, 9.17) is 14.2 Å². The summed E-state index contributed by atoms with van der Waals surface area (Å²) in [4.78, 5) is 0. The number of para-hydroxylation sites is 1. The van der Waals surface area contributed by atoms with Crippen LogP contribution in [0.25, 0.3) is 0 Å². The highest BCUT2D eigenvalue weighted by atomic mass is 16.7. The zero-order chi connectivity index (χ0) is 13.6. The van der Waals surface area contributed by atoms with Gasteiger partial charge < -0.3 is 19.5 Å². The van der Waals surface area contributed by atoms with Gasteiger partial charge in [-0.3, -0.25) is 0 Å². The highest BCUT2D eigenvalue weighted by Crippen LogP contribution is 2.16. The molecule has 0 amide bonds. The third kappa shape index (κ3) is 5.19. The second-order valence-electron chi connectivity index (χ2n) is 5.19. The maximum atomic E-state index is 5.63. The molecule has 0 bridgehead atoms. The van der Waals surface area contributed by atoms with Crippen LogP contribution in [0.1, 0.15) is 20.3 Å². The van der Waals surface area contributed by atoms with E-state index in [2.05, 4.69) is 5.32 Å². The molecule has 1 aliphatic heterocycles. The minimum Gasteiger partial charge on any atom is -0.494 e. The van der Waals surface area contributed by atoms with Crippen LogP contribution in [0.15, 0.2) is 30.3 Å². The average molecular weight is 265 g/mol. The first-order valence-electron chi connectivity index (χ1n) is 6.85. The molecule has 1 heterocycles. The first-order valence-corrected chi connectivity index (χ1v) is 6.85. The minimum absolute atomic E-state index is 0.282. The van der Waals surface area contributed by atoms with Crippen LogP contribution in [-0.4, -0.2) is 38.2 Å². The van der Waals surface area contributed by atoms with Gasteiger partial charge in [-0.25, -0.2) is 0 Å². The van der Waals surface area contributed by atoms with Crippen molar-refractivity contribution in [1.29, 1.82) is 0 Å². The van der Waals surface area contributed by atoms with Gasteiger partial charge in [-0.05, 0) is 38.9 Å². The highest BCUT2D eigenvalue weighted by molar-refractivity contribution is 5.20. The molecule has 0 atom stereocenters. The number of hydrogen-bond donors (Lipinski definition) is 1. The Labute approximate surface area is 115 Å². The monoisotopic (exact) mass is 265 g/mol. The Morgan fingerprint density at radius 1 is 1.21 bits per heavy atom. The lowest BCUT2D eigenvalue weighted by Crippen LogP contribution is -2.48. The van der Waals surface area contributed by atoms with E-state index in [-0.39, 0.29) is 6.04 Å². The predicted octanol–water partition coefficient (Wildman–Crippen LogP) is 2.20. The van der Waals surface area contributed by atoms with Gasteiger partial charge in [0.25, 0.3) is 0 Å². The molecule has 1 aromatic rings. The average Bonchev–Trinajstić information content (AvgIpc) is 2.41. The van der Waals surface area contributed by atoms with Crippen molar-refractivity contribution in [2.45, 2.75) is 32.1 Å². The van der Waals surface area contributed by atoms with Crippen LogP contribution in [-0.2, 0) is 9.47 Å². The van der Waals surface area contributed by atoms with Crippen LogP contribution in [0, 0.1) is 0 Å². The first kappa shape index (κ1) is 14.3. The van der Waals surface area contributed by atoms with Crippen molar-refractivity contribution in [3.63, 3.8) is 0 Å². The summed E-state index contributed by atoms with van der Waals surface area (Å²) in [7, 11) is 0. The maximum absolute atomic E-state index is 5.63. The van der Waals surface area contributed by atoms with Gasteiger partial charge in [0, 0.05) is 0 Å². The van der Waals surface area contributed by atoms with E-state index in [9.17, 15) is 0 Å². The zero-order valence-electron chi connectivity index (χ0n) is 11.7. The Morgan fingerprint density at radius 2 is 1.89 bits per heavy atom. The number of hydrogen-bond acceptors (Lipinski definition) is 4. The molecule has 1 saturated heterocycles. The van der Waals surface area contributed by atoms with E-state index in [1.807, 2.05) is 44.2 Å². The van der Waals surface area contributed by atoms with Gasteiger partial charge in [0.05, 0.1) is 25.9 Å². The molecular formula is C15H23NO3. The van der Waals surface area contributed by atoms with Gasteiger partial charge in [0.1, 0.15) is 5.75 Å². The summed E-state index contributed by atoms with van der Waals surface area (Å²) in [6.07, 6.45) is 0.967. The quantitative estimate of drug-likeness (QED) is 0.800. The second-order valence-corrected chi connectivity index (χ2v) is 5.19. The molecule has 106 valence electrons. The zero-order valence-corrected chi connectivity index (χ0v) is 11.7. The minimum atomic E-state index is -0.436. The topological polar surface area (TPSA) is 39.7 Å². The summed E-state index contributed by atoms with van der Waals surface area (Å²) in [6.45, 7) is 6.91. The molecule has 4 nitrogen and oxygen atoms in total. The molecule has 1 aromatic carbocycles. The lowest BCUT2D eigenvalue weighted by Gasteiger charge is -2.35. The lowest BCUT2D eigenvalue weighted by atomic mass is 10.2. The summed E-state index contributed by atoms with van der Waals surface area (Å²) < 4.78 is 16.8.